The Hall–Kier alpha value is -2.62. The molecule has 4 rings (SSSR count). The van der Waals surface area contributed by atoms with Crippen molar-refractivity contribution >= 4 is 50.9 Å². The molecule has 1 aromatic heterocycles. The number of sulfonamides is 1. The lowest BCUT2D eigenvalue weighted by molar-refractivity contribution is -0.173. The highest BCUT2D eigenvalue weighted by Gasteiger charge is 2.63. The molecule has 0 bridgehead atoms. The minimum absolute atomic E-state index is 0.00401. The molecule has 3 atom stereocenters. The Morgan fingerprint density at radius 1 is 1.14 bits per heavy atom. The molecule has 2 aliphatic heterocycles. The lowest BCUT2D eigenvalue weighted by atomic mass is 10.1. The minimum atomic E-state index is -5.97. The van der Waals surface area contributed by atoms with E-state index in [1.807, 2.05) is 0 Å². The van der Waals surface area contributed by atoms with Crippen molar-refractivity contribution in [3.05, 3.63) is 58.3 Å². The number of fused-ring (bicyclic) bond motifs is 1. The first-order valence-electron chi connectivity index (χ1n) is 10.0. The molecule has 9 nitrogen and oxygen atoms in total. The molecule has 3 unspecified atom stereocenters. The molecule has 0 spiro atoms. The number of ether oxygens (including phenoxy) is 1. The van der Waals surface area contributed by atoms with E-state index in [4.69, 9.17) is 4.74 Å². The quantitative estimate of drug-likeness (QED) is 0.415. The van der Waals surface area contributed by atoms with Gasteiger partial charge in [-0.2, -0.15) is 17.5 Å². The topological polar surface area (TPSA) is 113 Å². The molecule has 3 heterocycles. The Kier molecular flexibility index (Phi) is 7.13. The standard InChI is InChI=1S/C20H18F3N3O6S3/c21-20(22,23)35(30,31)25-11-34-18-15(24-14(27)9-13-7-4-8-33-13)17(28)26(18)16(25)19(29)32-10-12-5-2-1-3-6-12/h1-8,15-16,18H,9-11H2,(H,24,27). The number of alkyl halides is 3. The van der Waals surface area contributed by atoms with E-state index in [2.05, 4.69) is 5.32 Å². The number of rotatable bonds is 7. The summed E-state index contributed by atoms with van der Waals surface area (Å²) in [5, 5.41) is 3.35. The maximum absolute atomic E-state index is 13.3. The number of esters is 1. The summed E-state index contributed by atoms with van der Waals surface area (Å²) in [6, 6.07) is 10.6. The lowest BCUT2D eigenvalue weighted by Crippen LogP contribution is -2.78. The fraction of sp³-hybridized carbons (Fsp3) is 0.350. The van der Waals surface area contributed by atoms with Crippen LogP contribution in [0, 0.1) is 0 Å². The number of nitrogens with one attached hydrogen (secondary N) is 1. The predicted octanol–water partition coefficient (Wildman–Crippen LogP) is 1.87. The number of benzene rings is 1. The number of β-lactam (4-membered cyclic amide) rings is 1. The smallest absolute Gasteiger partial charge is 0.458 e. The maximum atomic E-state index is 13.3. The molecule has 0 radical (unpaired) electrons. The number of amides is 2. The second-order valence-electron chi connectivity index (χ2n) is 7.54. The van der Waals surface area contributed by atoms with Crippen LogP contribution in [0.3, 0.4) is 0 Å². The maximum Gasteiger partial charge on any atom is 0.511 e. The Morgan fingerprint density at radius 3 is 2.49 bits per heavy atom. The van der Waals surface area contributed by atoms with Crippen molar-refractivity contribution < 1.29 is 40.7 Å². The minimum Gasteiger partial charge on any atom is -0.458 e. The molecular formula is C20H18F3N3O6S3. The number of hydrogen-bond donors (Lipinski definition) is 1. The highest BCUT2D eigenvalue weighted by molar-refractivity contribution is 8.01. The lowest BCUT2D eigenvalue weighted by Gasteiger charge is -2.54. The third kappa shape index (κ3) is 5.03. The number of nitrogens with zero attached hydrogens (tertiary/aromatic N) is 2. The third-order valence-electron chi connectivity index (χ3n) is 5.26. The van der Waals surface area contributed by atoms with Crippen molar-refractivity contribution in [1.29, 1.82) is 0 Å². The molecule has 35 heavy (non-hydrogen) atoms. The van der Waals surface area contributed by atoms with Gasteiger partial charge in [-0.15, -0.1) is 23.1 Å². The third-order valence-corrected chi connectivity index (χ3v) is 9.10. The second-order valence-corrected chi connectivity index (χ2v) is 11.5. The summed E-state index contributed by atoms with van der Waals surface area (Å²) in [5.74, 6) is -3.47. The van der Waals surface area contributed by atoms with E-state index in [1.54, 1.807) is 47.8 Å². The molecule has 1 aromatic carbocycles. The number of thioether (sulfide) groups is 1. The van der Waals surface area contributed by atoms with E-state index in [9.17, 15) is 36.0 Å². The van der Waals surface area contributed by atoms with Crippen LogP contribution >= 0.6 is 23.1 Å². The fourth-order valence-electron chi connectivity index (χ4n) is 3.58. The Morgan fingerprint density at radius 2 is 1.86 bits per heavy atom. The van der Waals surface area contributed by atoms with Crippen molar-refractivity contribution in [2.75, 3.05) is 5.88 Å². The fourth-order valence-corrected chi connectivity index (χ4v) is 6.93. The molecule has 0 aliphatic carbocycles. The molecular weight excluding hydrogens is 531 g/mol. The van der Waals surface area contributed by atoms with Gasteiger partial charge >= 0.3 is 21.5 Å². The van der Waals surface area contributed by atoms with E-state index in [1.165, 1.54) is 11.3 Å². The van der Waals surface area contributed by atoms with Gasteiger partial charge in [-0.3, -0.25) is 14.5 Å². The van der Waals surface area contributed by atoms with Gasteiger partial charge in [-0.05, 0) is 17.0 Å². The van der Waals surface area contributed by atoms with Crippen molar-refractivity contribution in [2.45, 2.75) is 36.1 Å². The van der Waals surface area contributed by atoms with Crippen LogP contribution in [0.1, 0.15) is 10.4 Å². The van der Waals surface area contributed by atoms with Gasteiger partial charge in [-0.1, -0.05) is 36.4 Å². The van der Waals surface area contributed by atoms with Crippen LogP contribution in [-0.4, -0.2) is 64.4 Å². The van der Waals surface area contributed by atoms with Gasteiger partial charge in [-0.25, -0.2) is 13.2 Å². The van der Waals surface area contributed by atoms with Crippen LogP contribution in [0.2, 0.25) is 0 Å². The van der Waals surface area contributed by atoms with E-state index < -0.39 is 56.8 Å². The zero-order valence-electron chi connectivity index (χ0n) is 17.7. The molecule has 2 aromatic rings. The number of halogens is 3. The van der Waals surface area contributed by atoms with Gasteiger partial charge in [0, 0.05) is 4.88 Å². The van der Waals surface area contributed by atoms with E-state index in [0.29, 0.717) is 22.2 Å². The number of hydrogen-bond acceptors (Lipinski definition) is 8. The Balaban J connectivity index is 1.53. The van der Waals surface area contributed by atoms with Crippen LogP contribution < -0.4 is 5.32 Å². The average molecular weight is 550 g/mol. The molecule has 2 amide bonds. The zero-order chi connectivity index (χ0) is 25.4. The van der Waals surface area contributed by atoms with E-state index in [0.717, 1.165) is 4.88 Å². The molecule has 1 N–H and O–H groups in total. The number of carbonyl (C=O) groups excluding carboxylic acids is 3. The summed E-state index contributed by atoms with van der Waals surface area (Å²) in [7, 11) is -5.97. The second kappa shape index (κ2) is 9.79. The summed E-state index contributed by atoms with van der Waals surface area (Å²) in [6.07, 6.45) is -2.16. The van der Waals surface area contributed by atoms with Gasteiger partial charge in [0.05, 0.1) is 12.3 Å². The van der Waals surface area contributed by atoms with Crippen LogP contribution in [-0.2, 0) is 42.2 Å². The predicted molar refractivity (Wildman–Crippen MR) is 120 cm³/mol. The number of thiophene rings is 1. The summed E-state index contributed by atoms with van der Waals surface area (Å²) in [5.41, 5.74) is -5.18. The molecule has 0 saturated carbocycles. The largest absolute Gasteiger partial charge is 0.511 e. The Labute approximate surface area is 206 Å². The van der Waals surface area contributed by atoms with Gasteiger partial charge in [0.1, 0.15) is 18.0 Å². The highest BCUT2D eigenvalue weighted by atomic mass is 32.2. The first-order chi connectivity index (χ1) is 16.5. The van der Waals surface area contributed by atoms with Crippen molar-refractivity contribution in [3.63, 3.8) is 0 Å². The monoisotopic (exact) mass is 549 g/mol. The molecule has 15 heteroatoms. The summed E-state index contributed by atoms with van der Waals surface area (Å²) < 4.78 is 69.3. The van der Waals surface area contributed by atoms with Crippen molar-refractivity contribution in [2.24, 2.45) is 0 Å². The average Bonchev–Trinajstić information content (AvgIpc) is 3.32. The SMILES string of the molecule is O=C(Cc1cccs1)NC1C(=O)N2C1SCN(S(=O)(=O)C(F)(F)F)C2C(=O)OCc1ccccc1. The zero-order valence-corrected chi connectivity index (χ0v) is 20.1. The van der Waals surface area contributed by atoms with Gasteiger partial charge in [0.15, 0.2) is 6.17 Å². The van der Waals surface area contributed by atoms with Crippen LogP contribution in [0.4, 0.5) is 13.2 Å². The molecule has 2 fully saturated rings. The normalized spacial score (nSPS) is 22.8. The van der Waals surface area contributed by atoms with Gasteiger partial charge in [0.25, 0.3) is 5.91 Å². The van der Waals surface area contributed by atoms with Gasteiger partial charge in [0.2, 0.25) is 5.91 Å². The van der Waals surface area contributed by atoms with Crippen molar-refractivity contribution in [1.82, 2.24) is 14.5 Å². The molecule has 2 aliphatic rings. The summed E-state index contributed by atoms with van der Waals surface area (Å²) >= 11 is 2.03. The van der Waals surface area contributed by atoms with Gasteiger partial charge < -0.3 is 10.1 Å². The molecule has 188 valence electrons. The van der Waals surface area contributed by atoms with E-state index >= 15 is 0 Å². The van der Waals surface area contributed by atoms with Crippen molar-refractivity contribution in [3.8, 4) is 0 Å². The highest BCUT2D eigenvalue weighted by Crippen LogP contribution is 2.42. The van der Waals surface area contributed by atoms with Crippen LogP contribution in [0.15, 0.2) is 47.8 Å². The summed E-state index contributed by atoms with van der Waals surface area (Å²) in [4.78, 5) is 39.5. The number of carbonyl (C=O) groups is 3. The Bertz CT molecular complexity index is 1210. The van der Waals surface area contributed by atoms with Crippen LogP contribution in [0.25, 0.3) is 0 Å². The first-order valence-corrected chi connectivity index (χ1v) is 13.4. The van der Waals surface area contributed by atoms with Crippen LogP contribution in [0.5, 0.6) is 0 Å². The summed E-state index contributed by atoms with van der Waals surface area (Å²) in [6.45, 7) is -0.336. The van der Waals surface area contributed by atoms with E-state index in [-0.39, 0.29) is 17.3 Å². The molecule has 2 saturated heterocycles. The first kappa shape index (κ1) is 25.5.